The van der Waals surface area contributed by atoms with E-state index in [9.17, 15) is 0 Å². The van der Waals surface area contributed by atoms with Crippen LogP contribution in [0.25, 0.3) is 5.70 Å². The van der Waals surface area contributed by atoms with Crippen LogP contribution in [-0.2, 0) is 0 Å². The summed E-state index contributed by atoms with van der Waals surface area (Å²) >= 11 is 0. The average molecular weight is 198 g/mol. The molecule has 15 heavy (non-hydrogen) atoms. The second-order valence-corrected chi connectivity index (χ2v) is 3.94. The van der Waals surface area contributed by atoms with Gasteiger partial charge in [-0.3, -0.25) is 0 Å². The predicted molar refractivity (Wildman–Crippen MR) is 61.4 cm³/mol. The number of aromatic nitrogens is 2. The van der Waals surface area contributed by atoms with Crippen molar-refractivity contribution >= 4 is 5.70 Å². The Kier molecular flexibility index (Phi) is 1.98. The molecule has 2 nitrogen and oxygen atoms in total. The lowest BCUT2D eigenvalue weighted by Gasteiger charge is -2.17. The number of nitrogens with zero attached hydrogens (tertiary/aromatic N) is 2. The molecule has 0 radical (unpaired) electrons. The number of hydrogen-bond acceptors (Lipinski definition) is 0. The van der Waals surface area contributed by atoms with Crippen molar-refractivity contribution in [3.63, 3.8) is 0 Å². The third-order valence-corrected chi connectivity index (χ3v) is 3.02. The van der Waals surface area contributed by atoms with Crippen LogP contribution in [0, 0.1) is 0 Å². The highest BCUT2D eigenvalue weighted by molar-refractivity contribution is 5.53. The lowest BCUT2D eigenvalue weighted by Crippen LogP contribution is -2.08. The zero-order valence-electron chi connectivity index (χ0n) is 8.58. The van der Waals surface area contributed by atoms with E-state index >= 15 is 0 Å². The fourth-order valence-electron chi connectivity index (χ4n) is 2.31. The Morgan fingerprint density at radius 2 is 1.60 bits per heavy atom. The van der Waals surface area contributed by atoms with Gasteiger partial charge in [0.1, 0.15) is 0 Å². The molecule has 0 aliphatic heterocycles. The maximum absolute atomic E-state index is 2.34. The van der Waals surface area contributed by atoms with Gasteiger partial charge >= 0.3 is 0 Å². The van der Waals surface area contributed by atoms with Crippen LogP contribution in [0.15, 0.2) is 55.1 Å². The van der Waals surface area contributed by atoms with Gasteiger partial charge in [-0.15, -0.1) is 0 Å². The highest BCUT2D eigenvalue weighted by Gasteiger charge is 2.20. The first kappa shape index (κ1) is 8.60. The topological polar surface area (TPSA) is 9.86 Å². The number of rotatable bonds is 2. The van der Waals surface area contributed by atoms with E-state index in [1.165, 1.54) is 18.5 Å². The molecule has 0 spiro atoms. The van der Waals surface area contributed by atoms with Crippen LogP contribution in [0.4, 0.5) is 0 Å². The molecule has 1 aliphatic rings. The van der Waals surface area contributed by atoms with Crippen LogP contribution in [0.3, 0.4) is 0 Å². The molecule has 76 valence electrons. The van der Waals surface area contributed by atoms with Crippen LogP contribution in [0.5, 0.6) is 0 Å². The highest BCUT2D eigenvalue weighted by atomic mass is 15.1. The van der Waals surface area contributed by atoms with Crippen LogP contribution < -0.4 is 0 Å². The molecule has 0 aromatic carbocycles. The Morgan fingerprint density at radius 1 is 0.933 bits per heavy atom. The van der Waals surface area contributed by atoms with Gasteiger partial charge in [0.2, 0.25) is 0 Å². The Bertz CT molecular complexity index is 449. The first-order valence-electron chi connectivity index (χ1n) is 5.41. The molecule has 0 saturated carbocycles. The summed E-state index contributed by atoms with van der Waals surface area (Å²) in [6, 6.07) is 8.84. The molecule has 0 saturated heterocycles. The normalized spacial score (nSPS) is 20.5. The van der Waals surface area contributed by atoms with Crippen LogP contribution in [-0.4, -0.2) is 9.13 Å². The van der Waals surface area contributed by atoms with Crippen molar-refractivity contribution < 1.29 is 0 Å². The van der Waals surface area contributed by atoms with Crippen LogP contribution in [0.1, 0.15) is 18.9 Å². The van der Waals surface area contributed by atoms with Gasteiger partial charge in [-0.2, -0.15) is 0 Å². The molecule has 0 fully saturated rings. The lowest BCUT2D eigenvalue weighted by atomic mass is 10.2. The van der Waals surface area contributed by atoms with E-state index in [0.29, 0.717) is 6.04 Å². The van der Waals surface area contributed by atoms with E-state index in [2.05, 4.69) is 64.3 Å². The third kappa shape index (κ3) is 1.42. The summed E-state index contributed by atoms with van der Waals surface area (Å²) in [5, 5.41) is 0. The summed E-state index contributed by atoms with van der Waals surface area (Å²) in [6.07, 6.45) is 13.3. The zero-order valence-corrected chi connectivity index (χ0v) is 8.58. The Morgan fingerprint density at radius 3 is 2.33 bits per heavy atom. The molecule has 2 aromatic heterocycles. The maximum Gasteiger partial charge on any atom is 0.0734 e. The molecular formula is C13H14N2. The van der Waals surface area contributed by atoms with Crippen molar-refractivity contribution in [3.05, 3.63) is 55.1 Å². The van der Waals surface area contributed by atoms with E-state index in [4.69, 9.17) is 0 Å². The van der Waals surface area contributed by atoms with Crippen molar-refractivity contribution in [2.45, 2.75) is 18.9 Å². The SMILES string of the molecule is C1=C(n2cccc2)C(n2cccc2)CC1. The first-order valence-corrected chi connectivity index (χ1v) is 5.41. The van der Waals surface area contributed by atoms with Gasteiger partial charge in [0, 0.05) is 30.5 Å². The van der Waals surface area contributed by atoms with E-state index in [1.54, 1.807) is 0 Å². The molecule has 1 atom stereocenters. The van der Waals surface area contributed by atoms with Gasteiger partial charge in [0.05, 0.1) is 6.04 Å². The van der Waals surface area contributed by atoms with Gasteiger partial charge in [0.15, 0.2) is 0 Å². The maximum atomic E-state index is 2.34. The van der Waals surface area contributed by atoms with Gasteiger partial charge in [0.25, 0.3) is 0 Å². The molecule has 0 N–H and O–H groups in total. The zero-order chi connectivity index (χ0) is 10.1. The standard InChI is InChI=1S/C13H14N2/c1-2-9-14(8-1)12-6-5-7-13(12)15-10-3-4-11-15/h1-4,6,8-11,13H,5,7H2. The van der Waals surface area contributed by atoms with Crippen molar-refractivity contribution in [2.24, 2.45) is 0 Å². The van der Waals surface area contributed by atoms with E-state index in [-0.39, 0.29) is 0 Å². The Hall–Kier alpha value is -1.70. The quantitative estimate of drug-likeness (QED) is 0.701. The second kappa shape index (κ2) is 3.46. The fraction of sp³-hybridized carbons (Fsp3) is 0.231. The fourth-order valence-corrected chi connectivity index (χ4v) is 2.31. The molecule has 2 heterocycles. The van der Waals surface area contributed by atoms with Gasteiger partial charge in [-0.1, -0.05) is 6.08 Å². The highest BCUT2D eigenvalue weighted by Crippen LogP contribution is 2.33. The van der Waals surface area contributed by atoms with E-state index in [1.807, 2.05) is 0 Å². The van der Waals surface area contributed by atoms with Gasteiger partial charge in [-0.25, -0.2) is 0 Å². The largest absolute Gasteiger partial charge is 0.345 e. The monoisotopic (exact) mass is 198 g/mol. The molecule has 0 bridgehead atoms. The van der Waals surface area contributed by atoms with Crippen molar-refractivity contribution in [1.82, 2.24) is 9.13 Å². The molecule has 2 heteroatoms. The Balaban J connectivity index is 1.96. The summed E-state index contributed by atoms with van der Waals surface area (Å²) in [7, 11) is 0. The smallest absolute Gasteiger partial charge is 0.0734 e. The minimum absolute atomic E-state index is 0.507. The minimum atomic E-state index is 0.507. The van der Waals surface area contributed by atoms with Crippen LogP contribution in [0.2, 0.25) is 0 Å². The molecule has 1 unspecified atom stereocenters. The lowest BCUT2D eigenvalue weighted by molar-refractivity contribution is 0.589. The van der Waals surface area contributed by atoms with Gasteiger partial charge < -0.3 is 9.13 Å². The van der Waals surface area contributed by atoms with Crippen molar-refractivity contribution in [3.8, 4) is 0 Å². The predicted octanol–water partition coefficient (Wildman–Crippen LogP) is 3.17. The van der Waals surface area contributed by atoms with Crippen molar-refractivity contribution in [1.29, 1.82) is 0 Å². The molecular weight excluding hydrogens is 184 g/mol. The average Bonchev–Trinajstić information content (AvgIpc) is 3.01. The third-order valence-electron chi connectivity index (χ3n) is 3.02. The van der Waals surface area contributed by atoms with Crippen molar-refractivity contribution in [2.75, 3.05) is 0 Å². The second-order valence-electron chi connectivity index (χ2n) is 3.94. The molecule has 0 amide bonds. The Labute approximate surface area is 89.5 Å². The number of hydrogen-bond donors (Lipinski definition) is 0. The van der Waals surface area contributed by atoms with Crippen LogP contribution >= 0.6 is 0 Å². The summed E-state index contributed by atoms with van der Waals surface area (Å²) < 4.78 is 4.51. The van der Waals surface area contributed by atoms with E-state index < -0.39 is 0 Å². The molecule has 3 rings (SSSR count). The summed E-state index contributed by atoms with van der Waals surface area (Å²) in [6.45, 7) is 0. The molecule has 2 aromatic rings. The molecule has 1 aliphatic carbocycles. The number of allylic oxidation sites excluding steroid dienone is 2. The van der Waals surface area contributed by atoms with Gasteiger partial charge in [-0.05, 0) is 37.1 Å². The van der Waals surface area contributed by atoms with E-state index in [0.717, 1.165) is 0 Å². The summed E-state index contributed by atoms with van der Waals surface area (Å²) in [5.41, 5.74) is 1.40. The first-order chi connectivity index (χ1) is 7.45. The minimum Gasteiger partial charge on any atom is -0.345 e. The summed E-state index contributed by atoms with van der Waals surface area (Å²) in [5.74, 6) is 0. The summed E-state index contributed by atoms with van der Waals surface area (Å²) in [4.78, 5) is 0.